The number of carbonyl (C=O) groups is 2. The first-order valence-electron chi connectivity index (χ1n) is 7.02. The minimum absolute atomic E-state index is 0.0643. The van der Waals surface area contributed by atoms with Crippen molar-refractivity contribution in [3.05, 3.63) is 34.7 Å². The van der Waals surface area contributed by atoms with E-state index in [0.29, 0.717) is 36.8 Å². The lowest BCUT2D eigenvalue weighted by Gasteiger charge is -2.25. The quantitative estimate of drug-likeness (QED) is 0.906. The Kier molecular flexibility index (Phi) is 4.10. The Balaban J connectivity index is 1.68. The summed E-state index contributed by atoms with van der Waals surface area (Å²) in [7, 11) is 0. The number of hydrogen-bond acceptors (Lipinski definition) is 5. The Labute approximate surface area is 131 Å². The van der Waals surface area contributed by atoms with Crippen LogP contribution in [0.25, 0.3) is 0 Å². The Morgan fingerprint density at radius 3 is 3.09 bits per heavy atom. The Morgan fingerprint density at radius 1 is 1.50 bits per heavy atom. The van der Waals surface area contributed by atoms with Crippen LogP contribution in [-0.4, -0.2) is 34.9 Å². The van der Waals surface area contributed by atoms with Crippen LogP contribution in [0.5, 0.6) is 0 Å². The molecule has 0 saturated carbocycles. The van der Waals surface area contributed by atoms with E-state index in [9.17, 15) is 9.59 Å². The van der Waals surface area contributed by atoms with E-state index in [4.69, 9.17) is 4.42 Å². The summed E-state index contributed by atoms with van der Waals surface area (Å²) in [6.45, 7) is 3.67. The lowest BCUT2D eigenvalue weighted by Crippen LogP contribution is -2.42. The van der Waals surface area contributed by atoms with Crippen LogP contribution in [0, 0.1) is 0 Å². The van der Waals surface area contributed by atoms with Gasteiger partial charge in [0.15, 0.2) is 5.13 Å². The molecule has 2 aromatic rings. The number of hydrogen-bond donors (Lipinski definition) is 2. The van der Waals surface area contributed by atoms with E-state index in [-0.39, 0.29) is 11.9 Å². The van der Waals surface area contributed by atoms with Gasteiger partial charge in [-0.3, -0.25) is 10.1 Å². The number of aromatic nitrogens is 1. The fourth-order valence-corrected chi connectivity index (χ4v) is 3.27. The number of fused-ring (bicyclic) bond motifs is 1. The molecule has 0 spiro atoms. The van der Waals surface area contributed by atoms with Gasteiger partial charge in [0.1, 0.15) is 6.26 Å². The average Bonchev–Trinajstić information content (AvgIpc) is 3.15. The fourth-order valence-electron chi connectivity index (χ4n) is 2.25. The molecule has 0 saturated heterocycles. The highest BCUT2D eigenvalue weighted by Gasteiger charge is 2.24. The van der Waals surface area contributed by atoms with Crippen molar-refractivity contribution in [3.8, 4) is 0 Å². The minimum atomic E-state index is -0.250. The van der Waals surface area contributed by atoms with Gasteiger partial charge in [-0.25, -0.2) is 9.78 Å². The highest BCUT2D eigenvalue weighted by molar-refractivity contribution is 7.15. The molecule has 8 heteroatoms. The van der Waals surface area contributed by atoms with Gasteiger partial charge in [-0.1, -0.05) is 11.3 Å². The largest absolute Gasteiger partial charge is 0.472 e. The molecule has 0 aromatic carbocycles. The molecule has 22 heavy (non-hydrogen) atoms. The first-order chi connectivity index (χ1) is 10.7. The predicted molar refractivity (Wildman–Crippen MR) is 82.0 cm³/mol. The summed E-state index contributed by atoms with van der Waals surface area (Å²) in [6.07, 6.45) is 3.54. The Morgan fingerprint density at radius 2 is 2.36 bits per heavy atom. The van der Waals surface area contributed by atoms with Crippen molar-refractivity contribution in [3.63, 3.8) is 0 Å². The first-order valence-corrected chi connectivity index (χ1v) is 7.84. The fraction of sp³-hybridized carbons (Fsp3) is 0.357. The predicted octanol–water partition coefficient (Wildman–Crippen LogP) is 2.08. The average molecular weight is 320 g/mol. The van der Waals surface area contributed by atoms with E-state index in [0.717, 1.165) is 10.6 Å². The van der Waals surface area contributed by atoms with Gasteiger partial charge in [-0.2, -0.15) is 0 Å². The second-order valence-electron chi connectivity index (χ2n) is 4.86. The van der Waals surface area contributed by atoms with E-state index in [1.54, 1.807) is 11.0 Å². The molecule has 0 unspecified atom stereocenters. The second kappa shape index (κ2) is 6.18. The highest BCUT2D eigenvalue weighted by Crippen LogP contribution is 2.28. The maximum Gasteiger partial charge on any atom is 0.317 e. The van der Waals surface area contributed by atoms with Gasteiger partial charge < -0.3 is 14.6 Å². The molecular weight excluding hydrogens is 304 g/mol. The van der Waals surface area contributed by atoms with Crippen LogP contribution in [0.4, 0.5) is 9.93 Å². The molecule has 0 radical (unpaired) electrons. The van der Waals surface area contributed by atoms with Gasteiger partial charge in [-0.15, -0.1) is 0 Å². The number of amides is 3. The van der Waals surface area contributed by atoms with E-state index >= 15 is 0 Å². The molecule has 0 aliphatic carbocycles. The van der Waals surface area contributed by atoms with Crippen LogP contribution >= 0.6 is 11.3 Å². The number of urea groups is 1. The van der Waals surface area contributed by atoms with E-state index < -0.39 is 0 Å². The number of nitrogens with one attached hydrogen (secondary N) is 2. The summed E-state index contributed by atoms with van der Waals surface area (Å²) in [4.78, 5) is 31.0. The van der Waals surface area contributed by atoms with Crippen molar-refractivity contribution in [1.29, 1.82) is 0 Å². The van der Waals surface area contributed by atoms with Crippen LogP contribution in [0.2, 0.25) is 0 Å². The van der Waals surface area contributed by atoms with Crippen molar-refractivity contribution in [2.45, 2.75) is 19.9 Å². The molecule has 0 bridgehead atoms. The second-order valence-corrected chi connectivity index (χ2v) is 5.95. The number of anilines is 1. The third kappa shape index (κ3) is 2.96. The lowest BCUT2D eigenvalue weighted by atomic mass is 10.2. The maximum atomic E-state index is 12.0. The van der Waals surface area contributed by atoms with E-state index in [1.165, 1.54) is 23.9 Å². The van der Waals surface area contributed by atoms with Gasteiger partial charge >= 0.3 is 6.03 Å². The third-order valence-corrected chi connectivity index (χ3v) is 4.35. The summed E-state index contributed by atoms with van der Waals surface area (Å²) in [5, 5.41) is 6.10. The van der Waals surface area contributed by atoms with Gasteiger partial charge in [0, 0.05) is 24.4 Å². The summed E-state index contributed by atoms with van der Waals surface area (Å²) in [6, 6.07) is 1.53. The molecule has 3 amide bonds. The van der Waals surface area contributed by atoms with E-state index in [2.05, 4.69) is 15.6 Å². The smallest absolute Gasteiger partial charge is 0.317 e. The normalized spacial score (nSPS) is 13.6. The van der Waals surface area contributed by atoms with Crippen LogP contribution in [0.1, 0.15) is 27.9 Å². The zero-order valence-electron chi connectivity index (χ0n) is 12.1. The molecule has 1 aliphatic heterocycles. The SMILES string of the molecule is CCNC(=O)N1CCc2nc(NC(=O)c3ccoc3)sc2C1. The van der Waals surface area contributed by atoms with Crippen LogP contribution in [0.3, 0.4) is 0 Å². The summed E-state index contributed by atoms with van der Waals surface area (Å²) < 4.78 is 4.89. The van der Waals surface area contributed by atoms with Crippen molar-refractivity contribution in [1.82, 2.24) is 15.2 Å². The molecule has 3 rings (SSSR count). The van der Waals surface area contributed by atoms with Gasteiger partial charge in [0.05, 0.1) is 24.1 Å². The monoisotopic (exact) mass is 320 g/mol. The summed E-state index contributed by atoms with van der Waals surface area (Å²) in [5.74, 6) is -0.250. The van der Waals surface area contributed by atoms with Crippen LogP contribution in [0.15, 0.2) is 23.0 Å². The van der Waals surface area contributed by atoms with Gasteiger partial charge in [-0.05, 0) is 13.0 Å². The molecule has 7 nitrogen and oxygen atoms in total. The van der Waals surface area contributed by atoms with Crippen LogP contribution < -0.4 is 10.6 Å². The Hall–Kier alpha value is -2.35. The molecule has 0 atom stereocenters. The summed E-state index contributed by atoms with van der Waals surface area (Å²) >= 11 is 1.40. The standard InChI is InChI=1S/C14H16N4O3S/c1-2-15-14(20)18-5-3-10-11(7-18)22-13(16-10)17-12(19)9-4-6-21-8-9/h4,6,8H,2-3,5,7H2,1H3,(H,15,20)(H,16,17,19). The number of thiazole rings is 1. The molecule has 116 valence electrons. The molecule has 0 fully saturated rings. The van der Waals surface area contributed by atoms with Crippen molar-refractivity contribution in [2.75, 3.05) is 18.4 Å². The number of carbonyl (C=O) groups excluding carboxylic acids is 2. The number of furan rings is 1. The molecule has 1 aliphatic rings. The Bertz CT molecular complexity index is 680. The minimum Gasteiger partial charge on any atom is -0.472 e. The number of nitrogens with zero attached hydrogens (tertiary/aromatic N) is 2. The molecule has 2 aromatic heterocycles. The zero-order chi connectivity index (χ0) is 15.5. The number of rotatable bonds is 3. The van der Waals surface area contributed by atoms with Crippen LogP contribution in [-0.2, 0) is 13.0 Å². The first kappa shape index (κ1) is 14.6. The molecule has 2 N–H and O–H groups in total. The molecule has 3 heterocycles. The topological polar surface area (TPSA) is 87.5 Å². The lowest BCUT2D eigenvalue weighted by molar-refractivity contribution is 0.102. The van der Waals surface area contributed by atoms with Crippen molar-refractivity contribution >= 4 is 28.4 Å². The van der Waals surface area contributed by atoms with Gasteiger partial charge in [0.25, 0.3) is 5.91 Å². The van der Waals surface area contributed by atoms with Crippen molar-refractivity contribution < 1.29 is 14.0 Å². The maximum absolute atomic E-state index is 12.0. The van der Waals surface area contributed by atoms with Crippen molar-refractivity contribution in [2.24, 2.45) is 0 Å². The summed E-state index contributed by atoms with van der Waals surface area (Å²) in [5.41, 5.74) is 1.41. The van der Waals surface area contributed by atoms with E-state index in [1.807, 2.05) is 6.92 Å². The van der Waals surface area contributed by atoms with Gasteiger partial charge in [0.2, 0.25) is 0 Å². The zero-order valence-corrected chi connectivity index (χ0v) is 12.9. The molecular formula is C14H16N4O3S. The highest BCUT2D eigenvalue weighted by atomic mass is 32.1. The third-order valence-electron chi connectivity index (χ3n) is 3.35.